The van der Waals surface area contributed by atoms with E-state index in [-0.39, 0.29) is 5.91 Å². The highest BCUT2D eigenvalue weighted by atomic mass is 32.2. The van der Waals surface area contributed by atoms with Crippen LogP contribution in [-0.4, -0.2) is 24.7 Å². The van der Waals surface area contributed by atoms with Crippen LogP contribution in [0.1, 0.15) is 18.4 Å². The lowest BCUT2D eigenvalue weighted by molar-refractivity contribution is -0.116. The summed E-state index contributed by atoms with van der Waals surface area (Å²) in [6.07, 6.45) is 1.89. The van der Waals surface area contributed by atoms with E-state index in [9.17, 15) is 4.79 Å². The summed E-state index contributed by atoms with van der Waals surface area (Å²) in [5, 5.41) is 0. The van der Waals surface area contributed by atoms with Gasteiger partial charge in [0.25, 0.3) is 0 Å². The summed E-state index contributed by atoms with van der Waals surface area (Å²) >= 11 is 1.60. The van der Waals surface area contributed by atoms with E-state index in [2.05, 4.69) is 6.07 Å². The van der Waals surface area contributed by atoms with Crippen molar-refractivity contribution in [3.63, 3.8) is 0 Å². The molecule has 0 radical (unpaired) electrons. The summed E-state index contributed by atoms with van der Waals surface area (Å²) < 4.78 is 0. The molecule has 0 aromatic heterocycles. The number of carbonyl (C=O) groups excluding carboxylic acids is 1. The van der Waals surface area contributed by atoms with Crippen LogP contribution in [0.2, 0.25) is 0 Å². The Morgan fingerprint density at radius 2 is 2.11 bits per heavy atom. The molecule has 1 amide bonds. The Morgan fingerprint density at radius 1 is 1.28 bits per heavy atom. The fraction of sp³-hybridized carbons (Fsp3) is 0.462. The first-order chi connectivity index (χ1) is 8.76. The zero-order chi connectivity index (χ0) is 13.0. The standard InChI is InChI=1S/C13H19N3OS/c14-5-1-2-6-16-11-7-10(8-15)3-4-12(11)18-9-13(16)17/h3-4,7H,1-2,5-6,8-9,14-15H2. The second-order valence-corrected chi connectivity index (χ2v) is 5.35. The predicted molar refractivity (Wildman–Crippen MR) is 75.7 cm³/mol. The molecule has 0 atom stereocenters. The maximum absolute atomic E-state index is 12.0. The smallest absolute Gasteiger partial charge is 0.237 e. The Morgan fingerprint density at radius 3 is 2.83 bits per heavy atom. The van der Waals surface area contributed by atoms with Gasteiger partial charge in [0.2, 0.25) is 5.91 Å². The third kappa shape index (κ3) is 2.85. The number of thioether (sulfide) groups is 1. The molecule has 4 nitrogen and oxygen atoms in total. The molecule has 0 saturated carbocycles. The minimum Gasteiger partial charge on any atom is -0.330 e. The van der Waals surface area contributed by atoms with Gasteiger partial charge in [-0.3, -0.25) is 4.79 Å². The van der Waals surface area contributed by atoms with Crippen LogP contribution in [0.25, 0.3) is 0 Å². The van der Waals surface area contributed by atoms with Crippen LogP contribution in [0, 0.1) is 0 Å². The molecule has 0 unspecified atom stereocenters. The first-order valence-electron chi connectivity index (χ1n) is 6.22. The average molecular weight is 265 g/mol. The summed E-state index contributed by atoms with van der Waals surface area (Å²) in [5.41, 5.74) is 13.2. The summed E-state index contributed by atoms with van der Waals surface area (Å²) in [5.74, 6) is 0.705. The SMILES string of the molecule is NCCCCN1C(=O)CSc2ccc(CN)cc21. The number of amides is 1. The van der Waals surface area contributed by atoms with Gasteiger partial charge in [-0.05, 0) is 37.1 Å². The van der Waals surface area contributed by atoms with Gasteiger partial charge in [-0.2, -0.15) is 0 Å². The molecular weight excluding hydrogens is 246 g/mol. The highest BCUT2D eigenvalue weighted by Crippen LogP contribution is 2.36. The Kier molecular flexibility index (Phi) is 4.63. The van der Waals surface area contributed by atoms with Crippen LogP contribution >= 0.6 is 11.8 Å². The molecule has 1 heterocycles. The van der Waals surface area contributed by atoms with E-state index in [1.54, 1.807) is 11.8 Å². The van der Waals surface area contributed by atoms with E-state index in [4.69, 9.17) is 11.5 Å². The number of hydrogen-bond acceptors (Lipinski definition) is 4. The molecule has 1 aliphatic rings. The van der Waals surface area contributed by atoms with E-state index in [1.807, 2.05) is 17.0 Å². The lowest BCUT2D eigenvalue weighted by Gasteiger charge is -2.29. The molecule has 1 aliphatic heterocycles. The second kappa shape index (κ2) is 6.22. The molecule has 0 fully saturated rings. The van der Waals surface area contributed by atoms with Crippen LogP contribution in [0.3, 0.4) is 0 Å². The van der Waals surface area contributed by atoms with Crippen molar-refractivity contribution < 1.29 is 4.79 Å². The lowest BCUT2D eigenvalue weighted by Crippen LogP contribution is -2.36. The van der Waals surface area contributed by atoms with Gasteiger partial charge in [-0.15, -0.1) is 11.8 Å². The van der Waals surface area contributed by atoms with E-state index in [0.717, 1.165) is 30.6 Å². The molecule has 0 spiro atoms. The number of unbranched alkanes of at least 4 members (excludes halogenated alkanes) is 1. The minimum atomic E-state index is 0.179. The van der Waals surface area contributed by atoms with Crippen LogP contribution in [0.4, 0.5) is 5.69 Å². The largest absolute Gasteiger partial charge is 0.330 e. The van der Waals surface area contributed by atoms with Gasteiger partial charge >= 0.3 is 0 Å². The molecule has 0 aliphatic carbocycles. The van der Waals surface area contributed by atoms with E-state index in [0.29, 0.717) is 18.8 Å². The highest BCUT2D eigenvalue weighted by molar-refractivity contribution is 8.00. The van der Waals surface area contributed by atoms with Crippen molar-refractivity contribution in [2.24, 2.45) is 11.5 Å². The van der Waals surface area contributed by atoms with Gasteiger partial charge in [0.15, 0.2) is 0 Å². The minimum absolute atomic E-state index is 0.179. The molecule has 5 heteroatoms. The van der Waals surface area contributed by atoms with Gasteiger partial charge in [0, 0.05) is 18.0 Å². The summed E-state index contributed by atoms with van der Waals surface area (Å²) in [6, 6.07) is 6.12. The molecule has 0 bridgehead atoms. The first kappa shape index (κ1) is 13.4. The highest BCUT2D eigenvalue weighted by Gasteiger charge is 2.24. The maximum Gasteiger partial charge on any atom is 0.237 e. The van der Waals surface area contributed by atoms with Crippen molar-refractivity contribution >= 4 is 23.4 Å². The third-order valence-corrected chi connectivity index (χ3v) is 4.09. The van der Waals surface area contributed by atoms with E-state index >= 15 is 0 Å². The monoisotopic (exact) mass is 265 g/mol. The fourth-order valence-corrected chi connectivity index (χ4v) is 2.95. The normalized spacial score (nSPS) is 14.8. The van der Waals surface area contributed by atoms with Crippen molar-refractivity contribution in [1.29, 1.82) is 0 Å². The Balaban J connectivity index is 2.21. The Bertz CT molecular complexity index is 436. The van der Waals surface area contributed by atoms with Crippen LogP contribution in [0.5, 0.6) is 0 Å². The molecule has 98 valence electrons. The van der Waals surface area contributed by atoms with Crippen LogP contribution in [-0.2, 0) is 11.3 Å². The summed E-state index contributed by atoms with van der Waals surface area (Å²) in [7, 11) is 0. The topological polar surface area (TPSA) is 72.3 Å². The van der Waals surface area contributed by atoms with E-state index < -0.39 is 0 Å². The first-order valence-corrected chi connectivity index (χ1v) is 7.21. The number of carbonyl (C=O) groups is 1. The quantitative estimate of drug-likeness (QED) is 0.788. The number of anilines is 1. The van der Waals surface area contributed by atoms with Gasteiger partial charge < -0.3 is 16.4 Å². The molecule has 0 saturated heterocycles. The molecule has 2 rings (SSSR count). The van der Waals surface area contributed by atoms with Crippen molar-refractivity contribution in [3.8, 4) is 0 Å². The maximum atomic E-state index is 12.0. The second-order valence-electron chi connectivity index (χ2n) is 4.34. The number of rotatable bonds is 5. The number of benzene rings is 1. The molecular formula is C13H19N3OS. The van der Waals surface area contributed by atoms with Gasteiger partial charge in [-0.25, -0.2) is 0 Å². The molecule has 1 aromatic carbocycles. The van der Waals surface area contributed by atoms with E-state index in [1.165, 1.54) is 4.90 Å². The van der Waals surface area contributed by atoms with Crippen molar-refractivity contribution in [3.05, 3.63) is 23.8 Å². The van der Waals surface area contributed by atoms with Crippen molar-refractivity contribution in [2.75, 3.05) is 23.7 Å². The fourth-order valence-electron chi connectivity index (χ4n) is 2.03. The number of fused-ring (bicyclic) bond motifs is 1. The average Bonchev–Trinajstić information content (AvgIpc) is 2.41. The predicted octanol–water partition coefficient (Wildman–Crippen LogP) is 1.32. The summed E-state index contributed by atoms with van der Waals surface area (Å²) in [4.78, 5) is 15.0. The van der Waals surface area contributed by atoms with Crippen LogP contribution < -0.4 is 16.4 Å². The van der Waals surface area contributed by atoms with Crippen molar-refractivity contribution in [2.45, 2.75) is 24.3 Å². The third-order valence-electron chi connectivity index (χ3n) is 3.04. The number of nitrogens with two attached hydrogens (primary N) is 2. The zero-order valence-electron chi connectivity index (χ0n) is 10.4. The number of hydrogen-bond donors (Lipinski definition) is 2. The Labute approximate surface area is 112 Å². The zero-order valence-corrected chi connectivity index (χ0v) is 11.2. The van der Waals surface area contributed by atoms with Gasteiger partial charge in [0.1, 0.15) is 0 Å². The Hall–Kier alpha value is -1.04. The van der Waals surface area contributed by atoms with Crippen molar-refractivity contribution in [1.82, 2.24) is 0 Å². The number of nitrogens with zero attached hydrogens (tertiary/aromatic N) is 1. The molecule has 18 heavy (non-hydrogen) atoms. The van der Waals surface area contributed by atoms with Gasteiger partial charge in [0.05, 0.1) is 11.4 Å². The van der Waals surface area contributed by atoms with Crippen LogP contribution in [0.15, 0.2) is 23.1 Å². The lowest BCUT2D eigenvalue weighted by atomic mass is 10.1. The molecule has 4 N–H and O–H groups in total. The molecule has 1 aromatic rings. The van der Waals surface area contributed by atoms with Gasteiger partial charge in [-0.1, -0.05) is 6.07 Å². The summed E-state index contributed by atoms with van der Waals surface area (Å²) in [6.45, 7) is 1.92.